The molecule has 1 aliphatic rings. The van der Waals surface area contributed by atoms with Crippen molar-refractivity contribution in [1.29, 1.82) is 5.26 Å². The molecule has 5 nitrogen and oxygen atoms in total. The van der Waals surface area contributed by atoms with Crippen molar-refractivity contribution >= 4 is 23.0 Å². The molecule has 0 aliphatic carbocycles. The van der Waals surface area contributed by atoms with Crippen LogP contribution in [0.15, 0.2) is 24.3 Å². The van der Waals surface area contributed by atoms with Crippen LogP contribution in [0.5, 0.6) is 5.75 Å². The summed E-state index contributed by atoms with van der Waals surface area (Å²) in [7, 11) is 1.63. The van der Waals surface area contributed by atoms with Crippen LogP contribution in [-0.4, -0.2) is 42.9 Å². The predicted octanol–water partition coefficient (Wildman–Crippen LogP) is 2.79. The van der Waals surface area contributed by atoms with Crippen LogP contribution in [0.25, 0.3) is 0 Å². The molecule has 0 aromatic heterocycles. The van der Waals surface area contributed by atoms with E-state index in [-0.39, 0.29) is 6.10 Å². The van der Waals surface area contributed by atoms with Gasteiger partial charge in [0.25, 0.3) is 0 Å². The molecule has 118 valence electrons. The van der Waals surface area contributed by atoms with Gasteiger partial charge in [0, 0.05) is 31.5 Å². The molecule has 0 bridgehead atoms. The average Bonchev–Trinajstić information content (AvgIpc) is 3.04. The molecule has 1 aromatic carbocycles. The minimum atomic E-state index is 0.198. The Labute approximate surface area is 136 Å². The van der Waals surface area contributed by atoms with E-state index in [0.29, 0.717) is 18.1 Å². The molecule has 0 amide bonds. The number of nitriles is 1. The number of thiocarbonyl (C=S) groups is 1. The number of hydrogen-bond acceptors (Lipinski definition) is 4. The van der Waals surface area contributed by atoms with Crippen molar-refractivity contribution in [2.45, 2.75) is 25.4 Å². The van der Waals surface area contributed by atoms with E-state index in [0.717, 1.165) is 37.4 Å². The van der Waals surface area contributed by atoms with E-state index in [2.05, 4.69) is 11.4 Å². The average molecular weight is 319 g/mol. The van der Waals surface area contributed by atoms with Crippen molar-refractivity contribution in [1.82, 2.24) is 4.90 Å². The number of benzene rings is 1. The number of anilines is 1. The van der Waals surface area contributed by atoms with Gasteiger partial charge >= 0.3 is 0 Å². The maximum absolute atomic E-state index is 8.83. The summed E-state index contributed by atoms with van der Waals surface area (Å²) in [5.74, 6) is 0.774. The molecular formula is C16H21N3O2S. The SMILES string of the molecule is COc1cccc(NC(=S)N(CCC#N)CC2CCCO2)c1. The summed E-state index contributed by atoms with van der Waals surface area (Å²) in [6, 6.07) is 9.78. The second-order valence-corrected chi connectivity index (χ2v) is 5.54. The lowest BCUT2D eigenvalue weighted by Gasteiger charge is -2.27. The van der Waals surface area contributed by atoms with Crippen LogP contribution in [-0.2, 0) is 4.74 Å². The first-order valence-corrected chi connectivity index (χ1v) is 7.82. The molecule has 6 heteroatoms. The monoisotopic (exact) mass is 319 g/mol. The first-order chi connectivity index (χ1) is 10.7. The first-order valence-electron chi connectivity index (χ1n) is 7.41. The fraction of sp³-hybridized carbons (Fsp3) is 0.500. The third-order valence-corrected chi connectivity index (χ3v) is 3.91. The van der Waals surface area contributed by atoms with Crippen molar-refractivity contribution in [2.75, 3.05) is 32.1 Å². The molecule has 0 radical (unpaired) electrons. The second kappa shape index (κ2) is 8.57. The van der Waals surface area contributed by atoms with E-state index >= 15 is 0 Å². The van der Waals surface area contributed by atoms with Crippen LogP contribution in [0.3, 0.4) is 0 Å². The van der Waals surface area contributed by atoms with Crippen LogP contribution < -0.4 is 10.1 Å². The van der Waals surface area contributed by atoms with Gasteiger partial charge in [-0.05, 0) is 37.2 Å². The molecule has 0 saturated carbocycles. The molecule has 1 saturated heterocycles. The number of rotatable bonds is 6. The summed E-state index contributed by atoms with van der Waals surface area (Å²) in [6.07, 6.45) is 2.77. The summed E-state index contributed by atoms with van der Waals surface area (Å²) >= 11 is 5.49. The first kappa shape index (κ1) is 16.5. The summed E-state index contributed by atoms with van der Waals surface area (Å²) in [5, 5.41) is 12.6. The quantitative estimate of drug-likeness (QED) is 0.814. The van der Waals surface area contributed by atoms with Gasteiger partial charge in [-0.3, -0.25) is 0 Å². The van der Waals surface area contributed by atoms with Crippen LogP contribution >= 0.6 is 12.2 Å². The van der Waals surface area contributed by atoms with Gasteiger partial charge in [-0.15, -0.1) is 0 Å². The van der Waals surface area contributed by atoms with Gasteiger partial charge < -0.3 is 19.7 Å². The van der Waals surface area contributed by atoms with Crippen molar-refractivity contribution in [2.24, 2.45) is 0 Å². The number of ether oxygens (including phenoxy) is 2. The van der Waals surface area contributed by atoms with Gasteiger partial charge in [0.15, 0.2) is 5.11 Å². The Morgan fingerprint density at radius 3 is 3.14 bits per heavy atom. The van der Waals surface area contributed by atoms with E-state index in [1.54, 1.807) is 7.11 Å². The third kappa shape index (κ3) is 4.86. The second-order valence-electron chi connectivity index (χ2n) is 5.15. The zero-order valence-electron chi connectivity index (χ0n) is 12.7. The molecule has 2 rings (SSSR count). The van der Waals surface area contributed by atoms with Crippen LogP contribution in [0.1, 0.15) is 19.3 Å². The molecule has 1 atom stereocenters. The Bertz CT molecular complexity index is 538. The summed E-state index contributed by atoms with van der Waals surface area (Å²) in [6.45, 7) is 2.14. The van der Waals surface area contributed by atoms with Crippen LogP contribution in [0.2, 0.25) is 0 Å². The Hall–Kier alpha value is -1.84. The van der Waals surface area contributed by atoms with Gasteiger partial charge in [0.05, 0.1) is 25.7 Å². The summed E-state index contributed by atoms with van der Waals surface area (Å²) in [5.41, 5.74) is 0.874. The van der Waals surface area contributed by atoms with Gasteiger partial charge in [-0.25, -0.2) is 0 Å². The van der Waals surface area contributed by atoms with Crippen molar-refractivity contribution in [3.05, 3.63) is 24.3 Å². The Morgan fingerprint density at radius 2 is 2.45 bits per heavy atom. The highest BCUT2D eigenvalue weighted by molar-refractivity contribution is 7.80. The zero-order valence-corrected chi connectivity index (χ0v) is 13.6. The largest absolute Gasteiger partial charge is 0.497 e. The lowest BCUT2D eigenvalue weighted by molar-refractivity contribution is 0.0922. The predicted molar refractivity (Wildman–Crippen MR) is 90.0 cm³/mol. The van der Waals surface area contributed by atoms with E-state index in [1.807, 2.05) is 29.2 Å². The number of hydrogen-bond donors (Lipinski definition) is 1. The van der Waals surface area contributed by atoms with Gasteiger partial charge in [-0.1, -0.05) is 6.07 Å². The molecule has 1 unspecified atom stereocenters. The normalized spacial score (nSPS) is 16.8. The van der Waals surface area contributed by atoms with Crippen molar-refractivity contribution in [3.63, 3.8) is 0 Å². The molecule has 22 heavy (non-hydrogen) atoms. The van der Waals surface area contributed by atoms with Gasteiger partial charge in [0.2, 0.25) is 0 Å². The molecule has 0 spiro atoms. The molecule has 1 fully saturated rings. The highest BCUT2D eigenvalue weighted by Gasteiger charge is 2.20. The minimum absolute atomic E-state index is 0.198. The van der Waals surface area contributed by atoms with E-state index < -0.39 is 0 Å². The summed E-state index contributed by atoms with van der Waals surface area (Å²) in [4.78, 5) is 2.01. The van der Waals surface area contributed by atoms with Gasteiger partial charge in [-0.2, -0.15) is 5.26 Å². The standard InChI is InChI=1S/C16H21N3O2S/c1-20-14-6-2-5-13(11-14)18-16(22)19(9-4-8-17)12-15-7-3-10-21-15/h2,5-6,11,15H,3-4,7,9-10,12H2,1H3,(H,18,22). The number of nitrogens with zero attached hydrogens (tertiary/aromatic N) is 2. The third-order valence-electron chi connectivity index (χ3n) is 3.55. The summed E-state index contributed by atoms with van der Waals surface area (Å²) < 4.78 is 10.9. The van der Waals surface area contributed by atoms with E-state index in [1.165, 1.54) is 0 Å². The fourth-order valence-corrected chi connectivity index (χ4v) is 2.68. The highest BCUT2D eigenvalue weighted by atomic mass is 32.1. The molecule has 1 N–H and O–H groups in total. The molecule has 1 aliphatic heterocycles. The topological polar surface area (TPSA) is 57.5 Å². The van der Waals surface area contributed by atoms with Crippen molar-refractivity contribution < 1.29 is 9.47 Å². The molecular weight excluding hydrogens is 298 g/mol. The zero-order chi connectivity index (χ0) is 15.8. The van der Waals surface area contributed by atoms with Crippen LogP contribution in [0.4, 0.5) is 5.69 Å². The minimum Gasteiger partial charge on any atom is -0.497 e. The Morgan fingerprint density at radius 1 is 1.59 bits per heavy atom. The Balaban J connectivity index is 1.98. The smallest absolute Gasteiger partial charge is 0.173 e. The van der Waals surface area contributed by atoms with Crippen LogP contribution in [0, 0.1) is 11.3 Å². The lowest BCUT2D eigenvalue weighted by Crippen LogP contribution is -2.40. The molecule has 1 heterocycles. The fourth-order valence-electron chi connectivity index (χ4n) is 2.40. The highest BCUT2D eigenvalue weighted by Crippen LogP contribution is 2.18. The molecule has 1 aromatic rings. The number of nitrogens with one attached hydrogen (secondary N) is 1. The lowest BCUT2D eigenvalue weighted by atomic mass is 10.2. The van der Waals surface area contributed by atoms with Crippen molar-refractivity contribution in [3.8, 4) is 11.8 Å². The van der Waals surface area contributed by atoms with Gasteiger partial charge in [0.1, 0.15) is 5.75 Å². The van der Waals surface area contributed by atoms with E-state index in [9.17, 15) is 0 Å². The Kier molecular flexibility index (Phi) is 6.44. The maximum atomic E-state index is 8.83. The maximum Gasteiger partial charge on any atom is 0.173 e. The van der Waals surface area contributed by atoms with E-state index in [4.69, 9.17) is 27.0 Å². The number of methoxy groups -OCH3 is 1.